The van der Waals surface area contributed by atoms with Crippen molar-refractivity contribution in [1.29, 1.82) is 0 Å². The molecule has 2 aliphatic heterocycles. The van der Waals surface area contributed by atoms with Crippen molar-refractivity contribution in [1.82, 2.24) is 19.3 Å². The van der Waals surface area contributed by atoms with Gasteiger partial charge in [-0.3, -0.25) is 4.79 Å². The average molecular weight is 504 g/mol. The number of carbonyl (C=O) groups is 1. The molecular weight excluding hydrogens is 478 g/mol. The van der Waals surface area contributed by atoms with E-state index in [1.165, 1.54) is 12.3 Å². The predicted molar refractivity (Wildman–Crippen MR) is 139 cm³/mol. The lowest BCUT2D eigenvalue weighted by Gasteiger charge is -2.29. The van der Waals surface area contributed by atoms with Crippen LogP contribution in [-0.4, -0.2) is 60.9 Å². The van der Waals surface area contributed by atoms with Gasteiger partial charge in [0, 0.05) is 73.9 Å². The summed E-state index contributed by atoms with van der Waals surface area (Å²) < 4.78 is 28.5. The summed E-state index contributed by atoms with van der Waals surface area (Å²) in [5.41, 5.74) is 2.93. The van der Waals surface area contributed by atoms with Crippen molar-refractivity contribution in [2.75, 3.05) is 48.3 Å². The van der Waals surface area contributed by atoms with Crippen molar-refractivity contribution in [2.45, 2.75) is 11.3 Å². The molecule has 4 aromatic rings. The van der Waals surface area contributed by atoms with Gasteiger partial charge < -0.3 is 20.9 Å². The summed E-state index contributed by atoms with van der Waals surface area (Å²) in [4.78, 5) is 23.6. The van der Waals surface area contributed by atoms with Crippen LogP contribution < -0.4 is 20.9 Å². The van der Waals surface area contributed by atoms with Gasteiger partial charge in [-0.25, -0.2) is 17.4 Å². The van der Waals surface area contributed by atoms with Crippen LogP contribution in [0.2, 0.25) is 0 Å². The van der Waals surface area contributed by atoms with Gasteiger partial charge in [0.2, 0.25) is 5.95 Å². The van der Waals surface area contributed by atoms with E-state index >= 15 is 0 Å². The number of carbonyl (C=O) groups excluding carboxylic acids is 1. The van der Waals surface area contributed by atoms with Crippen molar-refractivity contribution < 1.29 is 13.2 Å². The molecule has 0 amide bonds. The Hall–Kier alpha value is -3.96. The quantitative estimate of drug-likeness (QED) is 0.377. The Kier molecular flexibility index (Phi) is 5.57. The van der Waals surface area contributed by atoms with Gasteiger partial charge in [-0.15, -0.1) is 0 Å². The smallest absolute Gasteiger partial charge is 0.271 e. The molecular formula is C25H25N7O3S. The number of fused-ring (bicyclic) bond motifs is 2. The second-order valence-electron chi connectivity index (χ2n) is 8.78. The lowest BCUT2D eigenvalue weighted by atomic mass is 10.0. The van der Waals surface area contributed by atoms with Crippen LogP contribution in [0.1, 0.15) is 16.8 Å². The monoisotopic (exact) mass is 503 g/mol. The van der Waals surface area contributed by atoms with Crippen molar-refractivity contribution in [3.05, 3.63) is 66.5 Å². The lowest BCUT2D eigenvalue weighted by Crippen LogP contribution is -2.43. The number of anilines is 4. The maximum absolute atomic E-state index is 13.7. The van der Waals surface area contributed by atoms with Gasteiger partial charge >= 0.3 is 0 Å². The first kappa shape index (κ1) is 22.5. The fraction of sp³-hybridized carbons (Fsp3) is 0.240. The van der Waals surface area contributed by atoms with Crippen LogP contribution in [0.15, 0.2) is 65.8 Å². The molecule has 0 spiro atoms. The zero-order valence-electron chi connectivity index (χ0n) is 19.4. The van der Waals surface area contributed by atoms with E-state index in [4.69, 9.17) is 0 Å². The Morgan fingerprint density at radius 3 is 2.58 bits per heavy atom. The largest absolute Gasteiger partial charge is 0.383 e. The van der Waals surface area contributed by atoms with Crippen LogP contribution in [0.5, 0.6) is 0 Å². The summed E-state index contributed by atoms with van der Waals surface area (Å²) in [6, 6.07) is 14.4. The molecule has 2 aliphatic rings. The summed E-state index contributed by atoms with van der Waals surface area (Å²) in [5.74, 6) is 0.214. The third-order valence-corrected chi connectivity index (χ3v) is 8.23. The minimum absolute atomic E-state index is 0.0437. The third-order valence-electron chi connectivity index (χ3n) is 6.52. The minimum Gasteiger partial charge on any atom is -0.383 e. The van der Waals surface area contributed by atoms with Crippen LogP contribution in [0.4, 0.5) is 23.0 Å². The summed E-state index contributed by atoms with van der Waals surface area (Å²) in [7, 11) is -4.02. The molecule has 1 fully saturated rings. The van der Waals surface area contributed by atoms with E-state index in [9.17, 15) is 13.2 Å². The highest BCUT2D eigenvalue weighted by molar-refractivity contribution is 7.90. The number of rotatable bonds is 5. The van der Waals surface area contributed by atoms with Crippen molar-refractivity contribution in [3.63, 3.8) is 0 Å². The lowest BCUT2D eigenvalue weighted by molar-refractivity contribution is 0.0983. The molecule has 0 unspecified atom stereocenters. The van der Waals surface area contributed by atoms with E-state index in [1.807, 2.05) is 24.3 Å². The molecule has 1 saturated heterocycles. The van der Waals surface area contributed by atoms with Gasteiger partial charge in [-0.05, 0) is 42.5 Å². The van der Waals surface area contributed by atoms with Crippen LogP contribution in [0, 0.1) is 0 Å². The highest BCUT2D eigenvalue weighted by atomic mass is 32.2. The number of ketones is 1. The molecule has 11 heteroatoms. The molecule has 0 aliphatic carbocycles. The van der Waals surface area contributed by atoms with E-state index in [0.29, 0.717) is 29.6 Å². The Bertz CT molecular complexity index is 1560. The van der Waals surface area contributed by atoms with Gasteiger partial charge in [0.25, 0.3) is 10.0 Å². The summed E-state index contributed by atoms with van der Waals surface area (Å²) >= 11 is 0. The molecule has 0 bridgehead atoms. The number of nitrogens with zero attached hydrogens (tertiary/aromatic N) is 4. The predicted octanol–water partition coefficient (Wildman–Crippen LogP) is 2.82. The Labute approximate surface area is 208 Å². The molecule has 0 radical (unpaired) electrons. The van der Waals surface area contributed by atoms with Crippen molar-refractivity contribution in [3.8, 4) is 0 Å². The second kappa shape index (κ2) is 8.92. The van der Waals surface area contributed by atoms with E-state index in [0.717, 1.165) is 41.5 Å². The maximum Gasteiger partial charge on any atom is 0.271 e. The number of piperazine rings is 1. The van der Waals surface area contributed by atoms with Crippen LogP contribution in [-0.2, 0) is 10.0 Å². The van der Waals surface area contributed by atoms with Crippen molar-refractivity contribution in [2.24, 2.45) is 0 Å². The molecule has 2 aromatic carbocycles. The topological polar surface area (TPSA) is 121 Å². The van der Waals surface area contributed by atoms with E-state index < -0.39 is 10.0 Å². The number of nitrogens with one attached hydrogen (secondary N) is 3. The van der Waals surface area contributed by atoms with E-state index in [-0.39, 0.29) is 22.3 Å². The van der Waals surface area contributed by atoms with E-state index in [1.54, 1.807) is 24.4 Å². The molecule has 10 nitrogen and oxygen atoms in total. The zero-order valence-corrected chi connectivity index (χ0v) is 20.3. The fourth-order valence-electron chi connectivity index (χ4n) is 4.66. The molecule has 184 valence electrons. The highest BCUT2D eigenvalue weighted by Gasteiger charge is 2.28. The van der Waals surface area contributed by atoms with Crippen LogP contribution in [0.3, 0.4) is 0 Å². The van der Waals surface area contributed by atoms with Gasteiger partial charge in [-0.2, -0.15) is 4.98 Å². The number of hydrogen-bond acceptors (Lipinski definition) is 9. The molecule has 4 heterocycles. The number of para-hydroxylation sites is 1. The molecule has 2 aromatic heterocycles. The van der Waals surface area contributed by atoms with Gasteiger partial charge in [0.1, 0.15) is 4.90 Å². The standard InChI is InChI=1S/C25H25N7O3S/c33-21-8-10-27-23-20(21)2-1-3-22(23)36(34,35)32-13-9-17-16-28-25(30-24(17)32)29-18-4-6-19(7-5-18)31-14-11-26-12-15-31/h1-7,9,13,16,26-27H,8,10-12,14-15H2,(H,28,29,30). The first-order valence-corrected chi connectivity index (χ1v) is 13.3. The molecule has 0 atom stereocenters. The van der Waals surface area contributed by atoms with Gasteiger partial charge in [-0.1, -0.05) is 6.07 Å². The van der Waals surface area contributed by atoms with Gasteiger partial charge in [0.15, 0.2) is 11.4 Å². The Balaban J connectivity index is 1.31. The molecule has 3 N–H and O–H groups in total. The normalized spacial score (nSPS) is 16.0. The van der Waals surface area contributed by atoms with Gasteiger partial charge in [0.05, 0.1) is 5.69 Å². The fourth-order valence-corrected chi connectivity index (χ4v) is 6.16. The first-order chi connectivity index (χ1) is 17.5. The second-order valence-corrected chi connectivity index (χ2v) is 10.6. The SMILES string of the molecule is O=C1CCNc2c1cccc2S(=O)(=O)n1ccc2cnc(Nc3ccc(N4CCNCC4)cc3)nc21. The van der Waals surface area contributed by atoms with Crippen LogP contribution >= 0.6 is 0 Å². The number of aromatic nitrogens is 3. The molecule has 6 rings (SSSR count). The number of benzene rings is 2. The Morgan fingerprint density at radius 1 is 0.972 bits per heavy atom. The van der Waals surface area contributed by atoms with Crippen molar-refractivity contribution >= 4 is 49.9 Å². The van der Waals surface area contributed by atoms with Crippen LogP contribution in [0.25, 0.3) is 11.0 Å². The minimum atomic E-state index is -4.02. The Morgan fingerprint density at radius 2 is 1.78 bits per heavy atom. The number of Topliss-reactive ketones (excluding diaryl/α,β-unsaturated/α-hetero) is 1. The molecule has 36 heavy (non-hydrogen) atoms. The maximum atomic E-state index is 13.7. The molecule has 0 saturated carbocycles. The first-order valence-electron chi connectivity index (χ1n) is 11.8. The van der Waals surface area contributed by atoms with E-state index in [2.05, 4.69) is 30.8 Å². The summed E-state index contributed by atoms with van der Waals surface area (Å²) in [6.45, 7) is 4.26. The highest BCUT2D eigenvalue weighted by Crippen LogP contribution is 2.32. The average Bonchev–Trinajstić information content (AvgIpc) is 3.34. The number of hydrogen-bond donors (Lipinski definition) is 3. The third kappa shape index (κ3) is 3.95. The zero-order chi connectivity index (χ0) is 24.7. The summed E-state index contributed by atoms with van der Waals surface area (Å²) in [6.07, 6.45) is 3.39. The summed E-state index contributed by atoms with van der Waals surface area (Å²) in [5, 5.41) is 10.2.